The normalized spacial score (nSPS) is 26.5. The third kappa shape index (κ3) is 4.54. The summed E-state index contributed by atoms with van der Waals surface area (Å²) in [7, 11) is -3.50. The van der Waals surface area contributed by atoms with Gasteiger partial charge >= 0.3 is 0 Å². The fourth-order valence-corrected chi connectivity index (χ4v) is 6.47. The molecule has 0 radical (unpaired) electrons. The molecule has 1 aliphatic carbocycles. The molecule has 0 amide bonds. The minimum absolute atomic E-state index is 0.0989. The van der Waals surface area contributed by atoms with Crippen LogP contribution in [-0.4, -0.2) is 11.2 Å². The van der Waals surface area contributed by atoms with Crippen LogP contribution in [-0.2, 0) is 9.09 Å². The monoisotopic (exact) mass is 386 g/mol. The van der Waals surface area contributed by atoms with Crippen molar-refractivity contribution in [2.75, 3.05) is 0 Å². The van der Waals surface area contributed by atoms with E-state index in [-0.39, 0.29) is 6.10 Å². The summed E-state index contributed by atoms with van der Waals surface area (Å²) in [5.41, 5.74) is 0.634. The first-order valence-electron chi connectivity index (χ1n) is 9.98. The molecule has 0 spiro atoms. The highest BCUT2D eigenvalue weighted by Crippen LogP contribution is 2.60. The van der Waals surface area contributed by atoms with Gasteiger partial charge in [0.15, 0.2) is 5.85 Å². The summed E-state index contributed by atoms with van der Waals surface area (Å²) in [6.07, 6.45) is 3.05. The molecule has 0 bridgehead atoms. The fraction of sp³-hybridized carbons (Fsp3) is 0.478. The first kappa shape index (κ1) is 20.3. The Morgan fingerprint density at radius 2 is 1.59 bits per heavy atom. The summed E-state index contributed by atoms with van der Waals surface area (Å²) in [5.74, 6) is 0.205. The van der Waals surface area contributed by atoms with Crippen molar-refractivity contribution < 1.29 is 14.2 Å². The topological polar surface area (TPSA) is 46.5 Å². The van der Waals surface area contributed by atoms with Gasteiger partial charge in [-0.3, -0.25) is 4.57 Å². The Morgan fingerprint density at radius 1 is 1.00 bits per heavy atom. The van der Waals surface area contributed by atoms with Crippen molar-refractivity contribution in [3.8, 4) is 0 Å². The molecule has 0 saturated heterocycles. The standard InChI is InChI=1S/C23H31O3P/c1-17(2)21-15-14-18(3)16-22(21)26-27(25,20-12-8-5-9-13-20)23(24)19-10-6-4-7-11-19/h4-13,17-18,21-24H,14-16H2,1-3H3/t18-,21+,22+,23-,27-/m0/s1. The lowest BCUT2D eigenvalue weighted by atomic mass is 9.75. The van der Waals surface area contributed by atoms with Crippen LogP contribution in [0.25, 0.3) is 0 Å². The van der Waals surface area contributed by atoms with Gasteiger partial charge in [-0.05, 0) is 48.3 Å². The van der Waals surface area contributed by atoms with Crippen molar-refractivity contribution >= 4 is 12.7 Å². The Balaban J connectivity index is 1.98. The minimum atomic E-state index is -3.50. The quantitative estimate of drug-likeness (QED) is 0.642. The van der Waals surface area contributed by atoms with Gasteiger partial charge in [0.2, 0.25) is 0 Å². The van der Waals surface area contributed by atoms with Crippen LogP contribution in [0.5, 0.6) is 0 Å². The van der Waals surface area contributed by atoms with Crippen molar-refractivity contribution in [3.05, 3.63) is 66.2 Å². The molecule has 3 rings (SSSR count). The molecule has 1 N–H and O–H groups in total. The van der Waals surface area contributed by atoms with Gasteiger partial charge in [0.1, 0.15) is 0 Å². The van der Waals surface area contributed by atoms with Gasteiger partial charge in [-0.2, -0.15) is 0 Å². The van der Waals surface area contributed by atoms with Gasteiger partial charge < -0.3 is 9.63 Å². The Labute approximate surface area is 163 Å². The maximum absolute atomic E-state index is 14.2. The number of rotatable bonds is 6. The number of hydrogen-bond donors (Lipinski definition) is 1. The van der Waals surface area contributed by atoms with Gasteiger partial charge in [-0.15, -0.1) is 0 Å². The van der Waals surface area contributed by atoms with Crippen LogP contribution in [0.4, 0.5) is 0 Å². The van der Waals surface area contributed by atoms with Crippen molar-refractivity contribution in [3.63, 3.8) is 0 Å². The second-order valence-corrected chi connectivity index (χ2v) is 10.6. The molecule has 4 heteroatoms. The van der Waals surface area contributed by atoms with E-state index in [4.69, 9.17) is 4.52 Å². The molecule has 146 valence electrons. The van der Waals surface area contributed by atoms with E-state index in [2.05, 4.69) is 20.8 Å². The summed E-state index contributed by atoms with van der Waals surface area (Å²) in [6, 6.07) is 18.4. The van der Waals surface area contributed by atoms with E-state index in [1.807, 2.05) is 60.7 Å². The van der Waals surface area contributed by atoms with Crippen LogP contribution >= 0.6 is 7.37 Å². The average molecular weight is 386 g/mol. The predicted octanol–water partition coefficient (Wildman–Crippen LogP) is 5.76. The van der Waals surface area contributed by atoms with E-state index >= 15 is 0 Å². The van der Waals surface area contributed by atoms with E-state index in [1.165, 1.54) is 6.42 Å². The lowest BCUT2D eigenvalue weighted by molar-refractivity contribution is 0.0427. The Hall–Kier alpha value is -1.41. The van der Waals surface area contributed by atoms with Crippen LogP contribution < -0.4 is 5.30 Å². The number of benzene rings is 2. The maximum Gasteiger partial charge on any atom is 0.264 e. The van der Waals surface area contributed by atoms with Crippen LogP contribution in [0.1, 0.15) is 51.4 Å². The summed E-state index contributed by atoms with van der Waals surface area (Å²) < 4.78 is 20.6. The number of hydrogen-bond acceptors (Lipinski definition) is 3. The smallest absolute Gasteiger partial charge is 0.264 e. The lowest BCUT2D eigenvalue weighted by Gasteiger charge is -2.39. The Morgan fingerprint density at radius 3 is 2.19 bits per heavy atom. The molecule has 3 nitrogen and oxygen atoms in total. The van der Waals surface area contributed by atoms with Crippen molar-refractivity contribution in [2.24, 2.45) is 17.8 Å². The molecule has 0 unspecified atom stereocenters. The first-order chi connectivity index (χ1) is 12.9. The number of aliphatic hydroxyl groups excluding tert-OH is 1. The molecule has 5 atom stereocenters. The van der Waals surface area contributed by atoms with E-state index in [0.717, 1.165) is 12.8 Å². The third-order valence-corrected chi connectivity index (χ3v) is 8.33. The molecule has 2 aromatic rings. The first-order valence-corrected chi connectivity index (χ1v) is 11.7. The zero-order valence-corrected chi connectivity index (χ0v) is 17.4. The predicted molar refractivity (Wildman–Crippen MR) is 111 cm³/mol. The summed E-state index contributed by atoms with van der Waals surface area (Å²) in [6.45, 7) is 6.64. The SMILES string of the molecule is CC(C)[C@H]1CC[C@H](C)C[C@H]1O[P@@](=O)(c1ccccc1)[C@H](O)c1ccccc1. The van der Waals surface area contributed by atoms with Gasteiger partial charge in [0, 0.05) is 5.30 Å². The second kappa shape index (κ2) is 8.73. The van der Waals surface area contributed by atoms with Gasteiger partial charge in [-0.25, -0.2) is 0 Å². The highest BCUT2D eigenvalue weighted by molar-refractivity contribution is 7.67. The van der Waals surface area contributed by atoms with E-state index < -0.39 is 13.2 Å². The van der Waals surface area contributed by atoms with E-state index in [0.29, 0.717) is 28.6 Å². The van der Waals surface area contributed by atoms with Crippen molar-refractivity contribution in [1.29, 1.82) is 0 Å². The van der Waals surface area contributed by atoms with Crippen molar-refractivity contribution in [2.45, 2.75) is 52.0 Å². The molecule has 0 heterocycles. The molecule has 0 aliphatic heterocycles. The molecular formula is C23H31O3P. The zero-order valence-electron chi connectivity index (χ0n) is 16.5. The van der Waals surface area contributed by atoms with Crippen LogP contribution in [0.3, 0.4) is 0 Å². The third-order valence-electron chi connectivity index (χ3n) is 5.79. The molecule has 1 fully saturated rings. The number of aliphatic hydroxyl groups is 1. The van der Waals surface area contributed by atoms with Crippen molar-refractivity contribution in [1.82, 2.24) is 0 Å². The van der Waals surface area contributed by atoms with Crippen LogP contribution in [0.15, 0.2) is 60.7 Å². The lowest BCUT2D eigenvalue weighted by Crippen LogP contribution is -2.35. The largest absolute Gasteiger partial charge is 0.378 e. The summed E-state index contributed by atoms with van der Waals surface area (Å²) in [5, 5.41) is 11.7. The van der Waals surface area contributed by atoms with E-state index in [9.17, 15) is 9.67 Å². The van der Waals surface area contributed by atoms with Crippen LogP contribution in [0.2, 0.25) is 0 Å². The van der Waals surface area contributed by atoms with Gasteiger partial charge in [0.05, 0.1) is 6.10 Å². The zero-order chi connectivity index (χ0) is 19.4. The molecule has 27 heavy (non-hydrogen) atoms. The second-order valence-electron chi connectivity index (χ2n) is 8.19. The molecule has 2 aromatic carbocycles. The minimum Gasteiger partial charge on any atom is -0.378 e. The highest BCUT2D eigenvalue weighted by Gasteiger charge is 2.42. The Kier molecular flexibility index (Phi) is 6.57. The van der Waals surface area contributed by atoms with E-state index in [1.54, 1.807) is 0 Å². The van der Waals surface area contributed by atoms with Gasteiger partial charge in [0.25, 0.3) is 7.37 Å². The fourth-order valence-electron chi connectivity index (χ4n) is 4.15. The summed E-state index contributed by atoms with van der Waals surface area (Å²) in [4.78, 5) is 0. The maximum atomic E-state index is 14.2. The highest BCUT2D eigenvalue weighted by atomic mass is 31.2. The molecule has 1 saturated carbocycles. The molecular weight excluding hydrogens is 355 g/mol. The van der Waals surface area contributed by atoms with Gasteiger partial charge in [-0.1, -0.05) is 75.7 Å². The molecule has 1 aliphatic rings. The Bertz CT molecular complexity index is 760. The average Bonchev–Trinajstić information content (AvgIpc) is 2.68. The molecule has 0 aromatic heterocycles. The summed E-state index contributed by atoms with van der Waals surface area (Å²) >= 11 is 0. The van der Waals surface area contributed by atoms with Crippen LogP contribution in [0, 0.1) is 17.8 Å².